The zero-order valence-corrected chi connectivity index (χ0v) is 17.7. The highest BCUT2D eigenvalue weighted by Gasteiger charge is 2.28. The van der Waals surface area contributed by atoms with E-state index >= 15 is 0 Å². The lowest BCUT2D eigenvalue weighted by Gasteiger charge is -2.40. The molecule has 2 aromatic rings. The number of likely N-dealkylation sites (tertiary alicyclic amines) is 2. The molecule has 0 atom stereocenters. The summed E-state index contributed by atoms with van der Waals surface area (Å²) in [5.74, 6) is -1.31. The van der Waals surface area contributed by atoms with Gasteiger partial charge < -0.3 is 20.0 Å². The van der Waals surface area contributed by atoms with Gasteiger partial charge in [0.2, 0.25) is 5.91 Å². The lowest BCUT2D eigenvalue weighted by atomic mass is 9.98. The molecule has 162 valence electrons. The molecule has 3 N–H and O–H groups in total. The predicted octanol–water partition coefficient (Wildman–Crippen LogP) is 2.28. The number of primary amides is 1. The van der Waals surface area contributed by atoms with Crippen molar-refractivity contribution in [3.05, 3.63) is 32.8 Å². The number of nitrogens with one attached hydrogen (secondary N) is 1. The first-order valence-electron chi connectivity index (χ1n) is 10.6. The fourth-order valence-corrected chi connectivity index (χ4v) is 5.08. The monoisotopic (exact) mass is 434 g/mol. The number of halogens is 1. The van der Waals surface area contributed by atoms with Crippen LogP contribution in [0.5, 0.6) is 0 Å². The maximum Gasteiger partial charge on any atom is 0.417 e. The van der Waals surface area contributed by atoms with Crippen LogP contribution >= 0.6 is 11.6 Å². The van der Waals surface area contributed by atoms with Gasteiger partial charge >= 0.3 is 5.76 Å². The Kier molecular flexibility index (Phi) is 6.15. The topological polar surface area (TPSA) is 113 Å². The van der Waals surface area contributed by atoms with Gasteiger partial charge in [-0.3, -0.25) is 14.6 Å². The number of carbonyl (C=O) groups is 2. The molecule has 2 amide bonds. The maximum atomic E-state index is 12.8. The lowest BCUT2D eigenvalue weighted by Crippen LogP contribution is -2.48. The number of aromatic amines is 1. The van der Waals surface area contributed by atoms with Crippen LogP contribution in [-0.2, 0) is 11.2 Å². The molecule has 0 saturated carbocycles. The van der Waals surface area contributed by atoms with Gasteiger partial charge in [0, 0.05) is 25.6 Å². The molecule has 2 saturated heterocycles. The summed E-state index contributed by atoms with van der Waals surface area (Å²) < 4.78 is 5.07. The van der Waals surface area contributed by atoms with E-state index in [1.165, 1.54) is 32.4 Å². The van der Waals surface area contributed by atoms with Crippen molar-refractivity contribution >= 4 is 34.5 Å². The standard InChI is InChI=1S/C21H27ClN4O4/c22-18-17(20(23)28)13(12-15-19(18)24-21(29)30-15)4-5-16(27)26-10-6-14(7-11-26)25-8-2-1-3-9-25/h12,14H,1-11H2,(H2,23,28)(H,24,29). The van der Waals surface area contributed by atoms with Crippen LogP contribution in [0.3, 0.4) is 0 Å². The first kappa shape index (κ1) is 20.9. The van der Waals surface area contributed by atoms with Crippen molar-refractivity contribution in [1.29, 1.82) is 0 Å². The number of benzene rings is 1. The van der Waals surface area contributed by atoms with Crippen molar-refractivity contribution in [2.45, 2.75) is 51.0 Å². The third-order valence-electron chi connectivity index (χ3n) is 6.32. The summed E-state index contributed by atoms with van der Waals surface area (Å²) in [4.78, 5) is 43.1. The minimum absolute atomic E-state index is 0.0502. The number of rotatable bonds is 5. The zero-order valence-electron chi connectivity index (χ0n) is 16.9. The number of H-pyrrole nitrogens is 1. The van der Waals surface area contributed by atoms with Gasteiger partial charge in [0.15, 0.2) is 5.58 Å². The third kappa shape index (κ3) is 4.25. The fourth-order valence-electron chi connectivity index (χ4n) is 4.73. The third-order valence-corrected chi connectivity index (χ3v) is 6.70. The van der Waals surface area contributed by atoms with Gasteiger partial charge in [0.1, 0.15) is 5.52 Å². The first-order valence-corrected chi connectivity index (χ1v) is 11.0. The molecule has 1 aromatic heterocycles. The van der Waals surface area contributed by atoms with E-state index in [9.17, 15) is 14.4 Å². The van der Waals surface area contributed by atoms with E-state index in [-0.39, 0.29) is 34.0 Å². The SMILES string of the molecule is NC(=O)c1c(CCC(=O)N2CCC(N3CCCCC3)CC2)cc2oc(=O)[nH]c2c1Cl. The Labute approximate surface area is 179 Å². The summed E-state index contributed by atoms with van der Waals surface area (Å²) in [5.41, 5.74) is 6.63. The molecule has 1 aromatic carbocycles. The lowest BCUT2D eigenvalue weighted by molar-refractivity contribution is -0.132. The van der Waals surface area contributed by atoms with E-state index in [0.717, 1.165) is 25.9 Å². The Hall–Kier alpha value is -2.32. The molecular formula is C21H27ClN4O4. The molecule has 3 heterocycles. The van der Waals surface area contributed by atoms with Crippen LogP contribution in [-0.4, -0.2) is 58.8 Å². The van der Waals surface area contributed by atoms with Gasteiger partial charge in [-0.05, 0) is 56.8 Å². The number of carbonyl (C=O) groups excluding carboxylic acids is 2. The van der Waals surface area contributed by atoms with Crippen LogP contribution in [0.4, 0.5) is 0 Å². The van der Waals surface area contributed by atoms with E-state index in [2.05, 4.69) is 9.88 Å². The smallest absolute Gasteiger partial charge is 0.408 e. The first-order chi connectivity index (χ1) is 14.4. The number of hydrogen-bond donors (Lipinski definition) is 2. The molecular weight excluding hydrogens is 408 g/mol. The number of piperidine rings is 2. The number of nitrogens with two attached hydrogens (primary N) is 1. The average molecular weight is 435 g/mol. The van der Waals surface area contributed by atoms with E-state index in [1.807, 2.05) is 4.90 Å². The Morgan fingerprint density at radius 3 is 2.53 bits per heavy atom. The Bertz CT molecular complexity index is 1000. The summed E-state index contributed by atoms with van der Waals surface area (Å²) in [6.07, 6.45) is 6.42. The van der Waals surface area contributed by atoms with Gasteiger partial charge in [-0.25, -0.2) is 4.79 Å². The van der Waals surface area contributed by atoms with Crippen molar-refractivity contribution < 1.29 is 14.0 Å². The number of hydrogen-bond acceptors (Lipinski definition) is 5. The summed E-state index contributed by atoms with van der Waals surface area (Å²) in [5, 5.41) is 0.0515. The molecule has 0 unspecified atom stereocenters. The molecule has 4 rings (SSSR count). The minimum Gasteiger partial charge on any atom is -0.408 e. The summed E-state index contributed by atoms with van der Waals surface area (Å²) in [6, 6.07) is 2.14. The molecule has 0 bridgehead atoms. The van der Waals surface area contributed by atoms with Crippen LogP contribution in [0, 0.1) is 0 Å². The van der Waals surface area contributed by atoms with Crippen LogP contribution < -0.4 is 11.5 Å². The molecule has 2 aliphatic rings. The number of aromatic nitrogens is 1. The van der Waals surface area contributed by atoms with Crippen molar-refractivity contribution in [2.75, 3.05) is 26.2 Å². The van der Waals surface area contributed by atoms with Crippen molar-refractivity contribution in [1.82, 2.24) is 14.8 Å². The van der Waals surface area contributed by atoms with Crippen LogP contribution in [0.2, 0.25) is 5.02 Å². The largest absolute Gasteiger partial charge is 0.417 e. The average Bonchev–Trinajstić information content (AvgIpc) is 3.13. The summed E-state index contributed by atoms with van der Waals surface area (Å²) in [6.45, 7) is 3.87. The van der Waals surface area contributed by atoms with E-state index < -0.39 is 11.7 Å². The van der Waals surface area contributed by atoms with E-state index in [1.54, 1.807) is 6.07 Å². The molecule has 9 heteroatoms. The summed E-state index contributed by atoms with van der Waals surface area (Å²) >= 11 is 6.28. The fraction of sp³-hybridized carbons (Fsp3) is 0.571. The predicted molar refractivity (Wildman–Crippen MR) is 114 cm³/mol. The Morgan fingerprint density at radius 1 is 1.17 bits per heavy atom. The molecule has 0 spiro atoms. The molecule has 2 fully saturated rings. The normalized spacial score (nSPS) is 18.8. The Balaban J connectivity index is 1.40. The molecule has 2 aliphatic heterocycles. The second-order valence-electron chi connectivity index (χ2n) is 8.19. The highest BCUT2D eigenvalue weighted by molar-refractivity contribution is 6.38. The van der Waals surface area contributed by atoms with Gasteiger partial charge in [-0.15, -0.1) is 0 Å². The summed E-state index contributed by atoms with van der Waals surface area (Å²) in [7, 11) is 0. The maximum absolute atomic E-state index is 12.8. The van der Waals surface area contributed by atoms with Crippen LogP contribution in [0.25, 0.3) is 11.1 Å². The number of aryl methyl sites for hydroxylation is 1. The molecule has 30 heavy (non-hydrogen) atoms. The Morgan fingerprint density at radius 2 is 1.87 bits per heavy atom. The van der Waals surface area contributed by atoms with Gasteiger partial charge in [0.25, 0.3) is 5.91 Å². The van der Waals surface area contributed by atoms with Crippen LogP contribution in [0.15, 0.2) is 15.3 Å². The van der Waals surface area contributed by atoms with E-state index in [4.69, 9.17) is 21.8 Å². The molecule has 0 radical (unpaired) electrons. The zero-order chi connectivity index (χ0) is 21.3. The number of fused-ring (bicyclic) bond motifs is 1. The minimum atomic E-state index is -0.700. The van der Waals surface area contributed by atoms with Crippen molar-refractivity contribution in [3.8, 4) is 0 Å². The molecule has 8 nitrogen and oxygen atoms in total. The van der Waals surface area contributed by atoms with Crippen molar-refractivity contribution in [2.24, 2.45) is 5.73 Å². The van der Waals surface area contributed by atoms with Crippen LogP contribution in [0.1, 0.15) is 54.4 Å². The highest BCUT2D eigenvalue weighted by Crippen LogP contribution is 2.29. The van der Waals surface area contributed by atoms with E-state index in [0.29, 0.717) is 18.0 Å². The second kappa shape index (κ2) is 8.81. The molecule has 0 aliphatic carbocycles. The number of nitrogens with zero attached hydrogens (tertiary/aromatic N) is 2. The number of oxazole rings is 1. The second-order valence-corrected chi connectivity index (χ2v) is 8.56. The van der Waals surface area contributed by atoms with Gasteiger partial charge in [-0.1, -0.05) is 18.0 Å². The quantitative estimate of drug-likeness (QED) is 0.749. The van der Waals surface area contributed by atoms with Crippen molar-refractivity contribution in [3.63, 3.8) is 0 Å². The number of amides is 2. The van der Waals surface area contributed by atoms with Gasteiger partial charge in [-0.2, -0.15) is 0 Å². The van der Waals surface area contributed by atoms with Gasteiger partial charge in [0.05, 0.1) is 10.6 Å². The highest BCUT2D eigenvalue weighted by atomic mass is 35.5.